The molecule has 124 valence electrons. The number of rotatable bonds is 4. The lowest BCUT2D eigenvalue weighted by Gasteiger charge is -2.34. The van der Waals surface area contributed by atoms with Gasteiger partial charge < -0.3 is 20.1 Å². The summed E-state index contributed by atoms with van der Waals surface area (Å²) in [6.07, 6.45) is 1.88. The van der Waals surface area contributed by atoms with E-state index in [1.54, 1.807) is 12.1 Å². The second-order valence-corrected chi connectivity index (χ2v) is 5.41. The highest BCUT2D eigenvalue weighted by atomic mass is 16.6. The minimum atomic E-state index is -1.11. The first-order valence-corrected chi connectivity index (χ1v) is 7.25. The smallest absolute Gasteiger partial charge is 0.389 e. The molecule has 0 spiro atoms. The molecule has 0 aliphatic carbocycles. The first-order chi connectivity index (χ1) is 11.5. The fraction of sp³-hybridized carbons (Fsp3) is 0.267. The van der Waals surface area contributed by atoms with Gasteiger partial charge in [-0.1, -0.05) is 24.3 Å². The zero-order chi connectivity index (χ0) is 17.3. The van der Waals surface area contributed by atoms with E-state index in [4.69, 9.17) is 0 Å². The predicted octanol–water partition coefficient (Wildman–Crippen LogP) is 1.00. The van der Waals surface area contributed by atoms with Crippen molar-refractivity contribution in [2.45, 2.75) is 19.0 Å². The second kappa shape index (κ2) is 6.11. The van der Waals surface area contributed by atoms with Gasteiger partial charge in [0.1, 0.15) is 6.54 Å². The van der Waals surface area contributed by atoms with Crippen LogP contribution >= 0.6 is 0 Å². The van der Waals surface area contributed by atoms with Gasteiger partial charge in [-0.2, -0.15) is 4.68 Å². The summed E-state index contributed by atoms with van der Waals surface area (Å²) in [7, 11) is 0. The first-order valence-electron chi connectivity index (χ1n) is 7.25. The maximum Gasteiger partial charge on any atom is 0.389 e. The Balaban J connectivity index is 1.83. The zero-order valence-corrected chi connectivity index (χ0v) is 12.5. The van der Waals surface area contributed by atoms with Gasteiger partial charge in [0.25, 0.3) is 0 Å². The van der Waals surface area contributed by atoms with Crippen LogP contribution in [0.4, 0.5) is 5.82 Å². The molecule has 1 amide bonds. The van der Waals surface area contributed by atoms with Crippen LogP contribution in [0, 0.1) is 10.1 Å². The Morgan fingerprint density at radius 2 is 2.08 bits per heavy atom. The van der Waals surface area contributed by atoms with Gasteiger partial charge in [-0.3, -0.25) is 4.79 Å². The number of carbonyl (C=O) groups is 2. The van der Waals surface area contributed by atoms with Gasteiger partial charge in [-0.15, -0.1) is 0 Å². The van der Waals surface area contributed by atoms with Crippen molar-refractivity contribution in [1.29, 1.82) is 0 Å². The Bertz CT molecular complexity index is 816. The number of fused-ring (bicyclic) bond motifs is 1. The number of carboxylic acid groups (broad SMARTS) is 1. The van der Waals surface area contributed by atoms with Gasteiger partial charge in [0.2, 0.25) is 5.91 Å². The normalized spacial score (nSPS) is 16.5. The van der Waals surface area contributed by atoms with E-state index in [-0.39, 0.29) is 18.9 Å². The van der Waals surface area contributed by atoms with E-state index in [0.29, 0.717) is 12.0 Å². The number of aromatic nitrogens is 2. The minimum absolute atomic E-state index is 0.250. The van der Waals surface area contributed by atoms with E-state index in [1.807, 2.05) is 12.1 Å². The number of hydrogen-bond acceptors (Lipinski definition) is 5. The Kier molecular flexibility index (Phi) is 3.98. The van der Waals surface area contributed by atoms with Gasteiger partial charge in [0.15, 0.2) is 6.04 Å². The van der Waals surface area contributed by atoms with Gasteiger partial charge >= 0.3 is 11.8 Å². The Labute approximate surface area is 136 Å². The molecule has 9 heteroatoms. The van der Waals surface area contributed by atoms with E-state index < -0.39 is 22.8 Å². The van der Waals surface area contributed by atoms with Crippen molar-refractivity contribution in [2.24, 2.45) is 0 Å². The molecule has 0 radical (unpaired) electrons. The summed E-state index contributed by atoms with van der Waals surface area (Å²) < 4.78 is 1.14. The highest BCUT2D eigenvalue weighted by Crippen LogP contribution is 2.30. The summed E-state index contributed by atoms with van der Waals surface area (Å²) in [4.78, 5) is 35.4. The average Bonchev–Trinajstić information content (AvgIpc) is 3.02. The molecule has 1 aliphatic heterocycles. The van der Waals surface area contributed by atoms with Gasteiger partial charge in [0.05, 0.1) is 17.4 Å². The number of aliphatic carboxylic acids is 1. The molecule has 1 atom stereocenters. The van der Waals surface area contributed by atoms with Crippen molar-refractivity contribution in [3.05, 3.63) is 57.8 Å². The number of hydrogen-bond donors (Lipinski definition) is 1. The first kappa shape index (κ1) is 15.7. The Hall–Kier alpha value is -3.23. The largest absolute Gasteiger partial charge is 0.479 e. The third-order valence-electron chi connectivity index (χ3n) is 3.95. The lowest BCUT2D eigenvalue weighted by molar-refractivity contribution is -0.389. The van der Waals surface area contributed by atoms with Gasteiger partial charge in [-0.05, 0) is 22.5 Å². The molecule has 0 fully saturated rings. The van der Waals surface area contributed by atoms with E-state index in [2.05, 4.69) is 5.10 Å². The molecular weight excluding hydrogens is 316 g/mol. The lowest BCUT2D eigenvalue weighted by atomic mass is 9.92. The van der Waals surface area contributed by atoms with E-state index in [1.165, 1.54) is 17.2 Å². The lowest BCUT2D eigenvalue weighted by Crippen LogP contribution is -2.44. The average molecular weight is 330 g/mol. The van der Waals surface area contributed by atoms with Crippen LogP contribution in [0.15, 0.2) is 36.5 Å². The third kappa shape index (κ3) is 2.83. The number of benzene rings is 1. The van der Waals surface area contributed by atoms with Crippen LogP contribution in [-0.4, -0.2) is 43.1 Å². The maximum atomic E-state index is 12.5. The van der Waals surface area contributed by atoms with Crippen molar-refractivity contribution in [2.75, 3.05) is 6.54 Å². The summed E-state index contributed by atoms with van der Waals surface area (Å²) in [5, 5.41) is 23.9. The molecule has 1 N–H and O–H groups in total. The molecule has 0 bridgehead atoms. The topological polar surface area (TPSA) is 119 Å². The third-order valence-corrected chi connectivity index (χ3v) is 3.95. The van der Waals surface area contributed by atoms with Crippen molar-refractivity contribution < 1.29 is 19.6 Å². The molecule has 2 aromatic rings. The molecular formula is C15H14N4O5. The second-order valence-electron chi connectivity index (χ2n) is 5.41. The molecule has 0 saturated carbocycles. The summed E-state index contributed by atoms with van der Waals surface area (Å²) in [5.41, 5.74) is 1.50. The predicted molar refractivity (Wildman–Crippen MR) is 81.1 cm³/mol. The Morgan fingerprint density at radius 3 is 2.75 bits per heavy atom. The van der Waals surface area contributed by atoms with Crippen LogP contribution in [0.3, 0.4) is 0 Å². The standard InChI is InChI=1S/C15H14N4O5/c20-13(9-17-7-6-12(16-17)19(23)24)18-8-5-10-3-1-2-4-11(10)14(18)15(21)22/h1-4,6-7,14H,5,8-9H2,(H,21,22). The van der Waals surface area contributed by atoms with E-state index in [0.717, 1.165) is 10.2 Å². The SMILES string of the molecule is O=C(O)C1c2ccccc2CCN1C(=O)Cn1ccc([N+](=O)[O-])n1. The minimum Gasteiger partial charge on any atom is -0.479 e. The molecule has 0 saturated heterocycles. The molecule has 3 rings (SSSR count). The van der Waals surface area contributed by atoms with Crippen LogP contribution in [0.2, 0.25) is 0 Å². The monoisotopic (exact) mass is 330 g/mol. The summed E-state index contributed by atoms with van der Waals surface area (Å²) >= 11 is 0. The van der Waals surface area contributed by atoms with Crippen LogP contribution in [0.5, 0.6) is 0 Å². The molecule has 1 aromatic heterocycles. The summed E-state index contributed by atoms with van der Waals surface area (Å²) in [5.74, 6) is -1.92. The van der Waals surface area contributed by atoms with Crippen LogP contribution in [0.1, 0.15) is 17.2 Å². The number of nitrogens with zero attached hydrogens (tertiary/aromatic N) is 4. The quantitative estimate of drug-likeness (QED) is 0.660. The highest BCUT2D eigenvalue weighted by molar-refractivity contribution is 5.85. The molecule has 24 heavy (non-hydrogen) atoms. The van der Waals surface area contributed by atoms with E-state index >= 15 is 0 Å². The maximum absolute atomic E-state index is 12.5. The van der Waals surface area contributed by atoms with Crippen molar-refractivity contribution in [3.8, 4) is 0 Å². The number of amides is 1. The molecule has 2 heterocycles. The molecule has 1 aromatic carbocycles. The number of carbonyl (C=O) groups excluding carboxylic acids is 1. The van der Waals surface area contributed by atoms with Gasteiger partial charge in [-0.25, -0.2) is 4.79 Å². The molecule has 1 unspecified atom stereocenters. The van der Waals surface area contributed by atoms with Crippen molar-refractivity contribution >= 4 is 17.7 Å². The van der Waals surface area contributed by atoms with Crippen LogP contribution in [-0.2, 0) is 22.6 Å². The van der Waals surface area contributed by atoms with Crippen LogP contribution in [0.25, 0.3) is 0 Å². The number of nitro groups is 1. The van der Waals surface area contributed by atoms with Crippen molar-refractivity contribution in [3.63, 3.8) is 0 Å². The van der Waals surface area contributed by atoms with Gasteiger partial charge in [0, 0.05) is 6.54 Å². The molecule has 1 aliphatic rings. The fourth-order valence-corrected chi connectivity index (χ4v) is 2.87. The fourth-order valence-electron chi connectivity index (χ4n) is 2.87. The van der Waals surface area contributed by atoms with Crippen molar-refractivity contribution in [1.82, 2.24) is 14.7 Å². The summed E-state index contributed by atoms with van der Waals surface area (Å²) in [6.45, 7) is 0.0238. The highest BCUT2D eigenvalue weighted by Gasteiger charge is 2.36. The Morgan fingerprint density at radius 1 is 1.33 bits per heavy atom. The molecule has 9 nitrogen and oxygen atoms in total. The summed E-state index contributed by atoms with van der Waals surface area (Å²) in [6, 6.07) is 7.24. The van der Waals surface area contributed by atoms with E-state index in [9.17, 15) is 24.8 Å². The van der Waals surface area contributed by atoms with Crippen LogP contribution < -0.4 is 0 Å². The zero-order valence-electron chi connectivity index (χ0n) is 12.5. The number of carboxylic acids is 1.